The molecule has 1 saturated heterocycles. The van der Waals surface area contributed by atoms with E-state index in [1.807, 2.05) is 13.1 Å². The molecule has 0 N–H and O–H groups in total. The lowest BCUT2D eigenvalue weighted by Crippen LogP contribution is -2.51. The van der Waals surface area contributed by atoms with Gasteiger partial charge in [0.2, 0.25) is 0 Å². The summed E-state index contributed by atoms with van der Waals surface area (Å²) in [5.41, 5.74) is 0.0194. The predicted molar refractivity (Wildman–Crippen MR) is 102 cm³/mol. The quantitative estimate of drug-likeness (QED) is 0.562. The maximum absolute atomic E-state index is 13.2. The summed E-state index contributed by atoms with van der Waals surface area (Å²) in [4.78, 5) is 42.5. The molecule has 0 bridgehead atoms. The molecule has 1 fully saturated rings. The first-order valence-electron chi connectivity index (χ1n) is 8.41. The molecule has 2 heterocycles. The minimum Gasteiger partial charge on any atom is -0.338 e. The molecule has 0 radical (unpaired) electrons. The molecule has 0 aliphatic carbocycles. The molecule has 1 aromatic carbocycles. The molecule has 7 heteroatoms. The molecule has 0 unspecified atom stereocenters. The largest absolute Gasteiger partial charge is 0.338 e. The van der Waals surface area contributed by atoms with Gasteiger partial charge < -0.3 is 9.80 Å². The SMILES string of the molecule is CN1CCN(C(=O)[C@H](C(=O)c2cccc(Br)c2)n2ccccc2=O)CC1. The second-order valence-electron chi connectivity index (χ2n) is 6.35. The summed E-state index contributed by atoms with van der Waals surface area (Å²) in [7, 11) is 1.99. The second-order valence-corrected chi connectivity index (χ2v) is 7.27. The first-order valence-corrected chi connectivity index (χ1v) is 9.21. The van der Waals surface area contributed by atoms with Gasteiger partial charge in [0.15, 0.2) is 11.8 Å². The van der Waals surface area contributed by atoms with Crippen molar-refractivity contribution in [3.8, 4) is 0 Å². The number of nitrogens with zero attached hydrogens (tertiary/aromatic N) is 3. The van der Waals surface area contributed by atoms with E-state index in [0.717, 1.165) is 17.6 Å². The number of likely N-dealkylation sites (N-methyl/N-ethyl adjacent to an activating group) is 1. The number of hydrogen-bond acceptors (Lipinski definition) is 4. The van der Waals surface area contributed by atoms with E-state index in [1.165, 1.54) is 16.8 Å². The molecule has 0 saturated carbocycles. The molecule has 1 atom stereocenters. The lowest BCUT2D eigenvalue weighted by Gasteiger charge is -2.34. The van der Waals surface area contributed by atoms with Crippen LogP contribution in [0.3, 0.4) is 0 Å². The number of hydrogen-bond donors (Lipinski definition) is 0. The summed E-state index contributed by atoms with van der Waals surface area (Å²) in [6.07, 6.45) is 1.50. The number of Topliss-reactive ketones (excluding diaryl/α,β-unsaturated/α-hetero) is 1. The van der Waals surface area contributed by atoms with Crippen LogP contribution in [0, 0.1) is 0 Å². The minimum atomic E-state index is -1.19. The topological polar surface area (TPSA) is 62.6 Å². The third kappa shape index (κ3) is 3.94. The van der Waals surface area contributed by atoms with Crippen LogP contribution < -0.4 is 5.56 Å². The average molecular weight is 418 g/mol. The predicted octanol–water partition coefficient (Wildman–Crippen LogP) is 1.81. The Kier molecular flexibility index (Phi) is 5.68. The first-order chi connectivity index (χ1) is 12.5. The molecule has 3 rings (SSSR count). The zero-order valence-corrected chi connectivity index (χ0v) is 16.1. The standard InChI is InChI=1S/C19H20BrN3O3/c1-21-9-11-22(12-10-21)19(26)17(23-8-3-2-7-16(23)24)18(25)14-5-4-6-15(20)13-14/h2-8,13,17H,9-12H2,1H3/t17-/m0/s1. The van der Waals surface area contributed by atoms with E-state index in [2.05, 4.69) is 20.8 Å². The zero-order chi connectivity index (χ0) is 18.7. The molecule has 26 heavy (non-hydrogen) atoms. The summed E-state index contributed by atoms with van der Waals surface area (Å²) in [6.45, 7) is 2.57. The molecule has 6 nitrogen and oxygen atoms in total. The summed E-state index contributed by atoms with van der Waals surface area (Å²) < 4.78 is 1.97. The van der Waals surface area contributed by atoms with E-state index in [0.29, 0.717) is 18.7 Å². The van der Waals surface area contributed by atoms with Crippen LogP contribution in [0.1, 0.15) is 16.4 Å². The van der Waals surface area contributed by atoms with Crippen molar-refractivity contribution in [3.05, 3.63) is 69.1 Å². The third-order valence-corrected chi connectivity index (χ3v) is 5.03. The molecular weight excluding hydrogens is 398 g/mol. The van der Waals surface area contributed by atoms with Crippen LogP contribution in [0.25, 0.3) is 0 Å². The van der Waals surface area contributed by atoms with Crippen LogP contribution in [0.5, 0.6) is 0 Å². The van der Waals surface area contributed by atoms with Gasteiger partial charge in [-0.05, 0) is 25.2 Å². The average Bonchev–Trinajstić information content (AvgIpc) is 2.64. The van der Waals surface area contributed by atoms with Gasteiger partial charge in [-0.25, -0.2) is 0 Å². The maximum Gasteiger partial charge on any atom is 0.253 e. The van der Waals surface area contributed by atoms with Crippen LogP contribution in [-0.2, 0) is 4.79 Å². The highest BCUT2D eigenvalue weighted by Gasteiger charge is 2.34. The fourth-order valence-electron chi connectivity index (χ4n) is 3.01. The molecule has 1 amide bonds. The fourth-order valence-corrected chi connectivity index (χ4v) is 3.41. The highest BCUT2D eigenvalue weighted by Crippen LogP contribution is 2.20. The monoisotopic (exact) mass is 417 g/mol. The Morgan fingerprint density at radius 2 is 1.77 bits per heavy atom. The van der Waals surface area contributed by atoms with Crippen molar-refractivity contribution in [1.29, 1.82) is 0 Å². The zero-order valence-electron chi connectivity index (χ0n) is 14.5. The number of ketones is 1. The van der Waals surface area contributed by atoms with Gasteiger partial charge in [-0.1, -0.05) is 34.1 Å². The first kappa shape index (κ1) is 18.5. The molecular formula is C19H20BrN3O3. The van der Waals surface area contributed by atoms with Crippen molar-refractivity contribution in [2.24, 2.45) is 0 Å². The molecule has 2 aromatic rings. The Hall–Kier alpha value is -2.25. The Balaban J connectivity index is 1.99. The number of halogens is 1. The van der Waals surface area contributed by atoms with Gasteiger partial charge in [0, 0.05) is 48.5 Å². The smallest absolute Gasteiger partial charge is 0.253 e. The van der Waals surface area contributed by atoms with E-state index < -0.39 is 6.04 Å². The van der Waals surface area contributed by atoms with E-state index in [1.54, 1.807) is 35.2 Å². The van der Waals surface area contributed by atoms with Crippen LogP contribution in [0.4, 0.5) is 0 Å². The Morgan fingerprint density at radius 1 is 1.04 bits per heavy atom. The van der Waals surface area contributed by atoms with E-state index >= 15 is 0 Å². The summed E-state index contributed by atoms with van der Waals surface area (Å²) in [5.74, 6) is -0.722. The summed E-state index contributed by atoms with van der Waals surface area (Å²) in [5, 5.41) is 0. The van der Waals surface area contributed by atoms with Gasteiger partial charge in [0.05, 0.1) is 0 Å². The number of rotatable bonds is 4. The van der Waals surface area contributed by atoms with Crippen molar-refractivity contribution in [2.75, 3.05) is 33.2 Å². The number of aromatic nitrogens is 1. The van der Waals surface area contributed by atoms with E-state index in [9.17, 15) is 14.4 Å². The van der Waals surface area contributed by atoms with Gasteiger partial charge in [-0.15, -0.1) is 0 Å². The number of carbonyl (C=O) groups is 2. The van der Waals surface area contributed by atoms with Crippen molar-refractivity contribution in [2.45, 2.75) is 6.04 Å². The van der Waals surface area contributed by atoms with Gasteiger partial charge in [-0.2, -0.15) is 0 Å². The van der Waals surface area contributed by atoms with Crippen molar-refractivity contribution < 1.29 is 9.59 Å². The Bertz CT molecular complexity index is 872. The highest BCUT2D eigenvalue weighted by molar-refractivity contribution is 9.10. The lowest BCUT2D eigenvalue weighted by molar-refractivity contribution is -0.135. The third-order valence-electron chi connectivity index (χ3n) is 4.54. The van der Waals surface area contributed by atoms with Crippen LogP contribution in [0.2, 0.25) is 0 Å². The Morgan fingerprint density at radius 3 is 2.42 bits per heavy atom. The van der Waals surface area contributed by atoms with Gasteiger partial charge in [0.25, 0.3) is 11.5 Å². The number of carbonyl (C=O) groups excluding carboxylic acids is 2. The number of pyridine rings is 1. The van der Waals surface area contributed by atoms with Crippen molar-refractivity contribution in [1.82, 2.24) is 14.4 Å². The van der Waals surface area contributed by atoms with Crippen molar-refractivity contribution in [3.63, 3.8) is 0 Å². The fraction of sp³-hybridized carbons (Fsp3) is 0.316. The normalized spacial score (nSPS) is 16.3. The number of piperazine rings is 1. The molecule has 1 aliphatic heterocycles. The van der Waals surface area contributed by atoms with E-state index in [4.69, 9.17) is 0 Å². The number of benzene rings is 1. The maximum atomic E-state index is 13.2. The molecule has 136 valence electrons. The van der Waals surface area contributed by atoms with Crippen LogP contribution in [0.15, 0.2) is 57.9 Å². The molecule has 1 aromatic heterocycles. The molecule has 1 aliphatic rings. The summed E-state index contributed by atoms with van der Waals surface area (Å²) >= 11 is 3.35. The highest BCUT2D eigenvalue weighted by atomic mass is 79.9. The van der Waals surface area contributed by atoms with E-state index in [-0.39, 0.29) is 17.2 Å². The van der Waals surface area contributed by atoms with Crippen LogP contribution >= 0.6 is 15.9 Å². The van der Waals surface area contributed by atoms with Crippen molar-refractivity contribution >= 4 is 27.6 Å². The molecule has 0 spiro atoms. The van der Waals surface area contributed by atoms with Gasteiger partial charge in [-0.3, -0.25) is 19.0 Å². The summed E-state index contributed by atoms with van der Waals surface area (Å²) in [6, 6.07) is 10.3. The Labute approximate surface area is 160 Å². The van der Waals surface area contributed by atoms with Gasteiger partial charge >= 0.3 is 0 Å². The van der Waals surface area contributed by atoms with Gasteiger partial charge in [0.1, 0.15) is 0 Å². The lowest BCUT2D eigenvalue weighted by atomic mass is 10.0. The van der Waals surface area contributed by atoms with Crippen LogP contribution in [-0.4, -0.2) is 59.3 Å². The second kappa shape index (κ2) is 7.97. The number of amides is 1. The minimum absolute atomic E-state index is 0.337.